The van der Waals surface area contributed by atoms with Gasteiger partial charge in [0, 0.05) is 39.9 Å². The minimum absolute atomic E-state index is 0.186. The lowest BCUT2D eigenvalue weighted by Crippen LogP contribution is -2.32. The first-order chi connectivity index (χ1) is 13.5. The third-order valence-corrected chi connectivity index (χ3v) is 4.76. The van der Waals surface area contributed by atoms with E-state index in [9.17, 15) is 0 Å². The van der Waals surface area contributed by atoms with E-state index in [1.165, 1.54) is 5.01 Å². The fourth-order valence-corrected chi connectivity index (χ4v) is 3.08. The Morgan fingerprint density at radius 2 is 2.32 bits per heavy atom. The van der Waals surface area contributed by atoms with E-state index in [0.29, 0.717) is 17.7 Å². The zero-order valence-corrected chi connectivity index (χ0v) is 17.1. The predicted octanol–water partition coefficient (Wildman–Crippen LogP) is 0.0495. The van der Waals surface area contributed by atoms with Gasteiger partial charge in [0.25, 0.3) is 0 Å². The second-order valence-electron chi connectivity index (χ2n) is 6.72. The Bertz CT molecular complexity index is 848. The van der Waals surface area contributed by atoms with Crippen molar-refractivity contribution in [2.45, 2.75) is 12.5 Å². The molecule has 4 N–H and O–H groups in total. The predicted molar refractivity (Wildman–Crippen MR) is 114 cm³/mol. The molecule has 1 aliphatic heterocycles. The summed E-state index contributed by atoms with van der Waals surface area (Å²) in [7, 11) is 5.57. The highest BCUT2D eigenvalue weighted by Gasteiger charge is 2.22. The van der Waals surface area contributed by atoms with Crippen LogP contribution in [-0.2, 0) is 7.05 Å². The molecular weight excluding hydrogens is 376 g/mol. The molecule has 10 nitrogen and oxygen atoms in total. The van der Waals surface area contributed by atoms with Gasteiger partial charge in [-0.05, 0) is 31.8 Å². The van der Waals surface area contributed by atoms with E-state index in [-0.39, 0.29) is 5.11 Å². The molecule has 0 aliphatic carbocycles. The Balaban J connectivity index is 1.85. The number of thiocarbonyl (C=S) groups is 1. The number of likely N-dealkylation sites (tertiary alicyclic amines) is 1. The van der Waals surface area contributed by atoms with Gasteiger partial charge < -0.3 is 20.9 Å². The zero-order valence-electron chi connectivity index (χ0n) is 16.3. The van der Waals surface area contributed by atoms with Crippen LogP contribution in [0.15, 0.2) is 23.7 Å². The summed E-state index contributed by atoms with van der Waals surface area (Å²) in [5.41, 5.74) is 7.90. The maximum atomic E-state index is 5.58. The average molecular weight is 403 g/mol. The summed E-state index contributed by atoms with van der Waals surface area (Å²) in [4.78, 5) is 15.8. The maximum absolute atomic E-state index is 5.58. The van der Waals surface area contributed by atoms with E-state index in [1.54, 1.807) is 25.8 Å². The van der Waals surface area contributed by atoms with Crippen molar-refractivity contribution in [1.82, 2.24) is 34.7 Å². The first-order valence-electron chi connectivity index (χ1n) is 9.02. The maximum Gasteiger partial charge on any atom is 0.224 e. The van der Waals surface area contributed by atoms with Gasteiger partial charge in [0.2, 0.25) is 5.95 Å². The monoisotopic (exact) mass is 402 g/mol. The quantitative estimate of drug-likeness (QED) is 0.336. The summed E-state index contributed by atoms with van der Waals surface area (Å²) in [5.74, 6) is 0.564. The van der Waals surface area contributed by atoms with Crippen LogP contribution in [0, 0.1) is 0 Å². The number of aryl methyl sites for hydroxylation is 1. The van der Waals surface area contributed by atoms with E-state index in [1.807, 2.05) is 24.7 Å². The molecule has 0 radical (unpaired) electrons. The molecule has 1 unspecified atom stereocenters. The number of anilines is 1. The molecule has 3 rings (SSSR count). The number of nitrogens with zero attached hydrogens (tertiary/aromatic N) is 7. The van der Waals surface area contributed by atoms with Crippen LogP contribution in [0.25, 0.3) is 11.4 Å². The van der Waals surface area contributed by atoms with E-state index in [0.717, 1.165) is 37.6 Å². The van der Waals surface area contributed by atoms with Gasteiger partial charge in [-0.3, -0.25) is 4.90 Å². The van der Waals surface area contributed by atoms with Crippen molar-refractivity contribution in [1.29, 1.82) is 0 Å². The molecular formula is C17H26N10S. The number of nitrogens with one attached hydrogen (secondary N) is 2. The van der Waals surface area contributed by atoms with Crippen LogP contribution in [0.1, 0.15) is 12.1 Å². The fraction of sp³-hybridized carbons (Fsp3) is 0.471. The molecule has 1 saturated heterocycles. The lowest BCUT2D eigenvalue weighted by Gasteiger charge is -2.16. The molecule has 2 aromatic rings. The molecule has 0 spiro atoms. The smallest absolute Gasteiger partial charge is 0.224 e. The summed E-state index contributed by atoms with van der Waals surface area (Å²) in [5, 5.41) is 12.5. The second-order valence-corrected chi connectivity index (χ2v) is 7.13. The minimum atomic E-state index is 0.186. The molecule has 0 bridgehead atoms. The fourth-order valence-electron chi connectivity index (χ4n) is 3.03. The van der Waals surface area contributed by atoms with Crippen molar-refractivity contribution < 1.29 is 0 Å². The van der Waals surface area contributed by atoms with Crippen LogP contribution in [-0.4, -0.2) is 80.7 Å². The van der Waals surface area contributed by atoms with Crippen LogP contribution in [0.2, 0.25) is 0 Å². The number of hydrazone groups is 1. The van der Waals surface area contributed by atoms with Gasteiger partial charge in [-0.15, -0.1) is 0 Å². The van der Waals surface area contributed by atoms with E-state index in [4.69, 9.17) is 22.9 Å². The minimum Gasteiger partial charge on any atom is -0.375 e. The third kappa shape index (κ3) is 5.00. The first-order valence-corrected chi connectivity index (χ1v) is 9.43. The largest absolute Gasteiger partial charge is 0.375 e. The van der Waals surface area contributed by atoms with Gasteiger partial charge in [0.1, 0.15) is 0 Å². The molecule has 28 heavy (non-hydrogen) atoms. The topological polar surface area (TPSA) is 113 Å². The molecule has 1 fully saturated rings. The van der Waals surface area contributed by atoms with Crippen molar-refractivity contribution in [3.63, 3.8) is 0 Å². The molecule has 150 valence electrons. The number of aromatic nitrogens is 4. The van der Waals surface area contributed by atoms with Gasteiger partial charge >= 0.3 is 0 Å². The summed E-state index contributed by atoms with van der Waals surface area (Å²) >= 11 is 4.92. The van der Waals surface area contributed by atoms with E-state index < -0.39 is 0 Å². The van der Waals surface area contributed by atoms with Crippen LogP contribution >= 0.6 is 12.2 Å². The van der Waals surface area contributed by atoms with E-state index in [2.05, 4.69) is 30.6 Å². The Kier molecular flexibility index (Phi) is 6.49. The number of hydrogen-bond donors (Lipinski definition) is 3. The second kappa shape index (κ2) is 9.04. The highest BCUT2D eigenvalue weighted by molar-refractivity contribution is 7.80. The average Bonchev–Trinajstić information content (AvgIpc) is 3.28. The summed E-state index contributed by atoms with van der Waals surface area (Å²) in [6, 6.07) is 2.15. The number of rotatable bonds is 7. The van der Waals surface area contributed by atoms with Crippen molar-refractivity contribution >= 4 is 29.5 Å². The van der Waals surface area contributed by atoms with Crippen LogP contribution in [0.3, 0.4) is 0 Å². The molecule has 0 amide bonds. The van der Waals surface area contributed by atoms with Crippen LogP contribution in [0.5, 0.6) is 0 Å². The number of imidazole rings is 1. The van der Waals surface area contributed by atoms with Gasteiger partial charge in [-0.25, -0.2) is 20.0 Å². The SMILES string of the molecule is CNCN1CCC(Nc2nc(/C=N/N(C)C(N)=S)cc(-c3cncn3C)n2)C1. The van der Waals surface area contributed by atoms with Crippen molar-refractivity contribution in [2.75, 3.05) is 39.2 Å². The van der Waals surface area contributed by atoms with Crippen LogP contribution < -0.4 is 16.4 Å². The molecule has 0 aromatic carbocycles. The highest BCUT2D eigenvalue weighted by atomic mass is 32.1. The first kappa shape index (κ1) is 20.1. The standard InChI is InChI=1S/C17H26N10S/c1-19-10-27-5-4-12(9-27)22-17-23-13(7-21-26(3)16(18)28)6-14(24-17)15-8-20-11-25(15)2/h6-8,11-12,19H,4-5,9-10H2,1-3H3,(H2,18,28)(H,22,23,24)/b21-7+. The van der Waals surface area contributed by atoms with Crippen molar-refractivity contribution in [3.8, 4) is 11.4 Å². The Labute approximate surface area is 169 Å². The van der Waals surface area contributed by atoms with Gasteiger partial charge in [-0.1, -0.05) is 0 Å². The molecule has 1 aliphatic rings. The highest BCUT2D eigenvalue weighted by Crippen LogP contribution is 2.20. The van der Waals surface area contributed by atoms with Gasteiger partial charge in [0.15, 0.2) is 5.11 Å². The lowest BCUT2D eigenvalue weighted by atomic mass is 10.2. The van der Waals surface area contributed by atoms with Crippen LogP contribution in [0.4, 0.5) is 5.95 Å². The van der Waals surface area contributed by atoms with Gasteiger partial charge in [-0.2, -0.15) is 5.10 Å². The summed E-state index contributed by atoms with van der Waals surface area (Å²) in [6.07, 6.45) is 6.17. The summed E-state index contributed by atoms with van der Waals surface area (Å²) < 4.78 is 1.92. The Morgan fingerprint density at radius 1 is 1.50 bits per heavy atom. The summed E-state index contributed by atoms with van der Waals surface area (Å²) in [6.45, 7) is 2.85. The zero-order chi connectivity index (χ0) is 20.1. The molecule has 11 heteroatoms. The number of nitrogens with two attached hydrogens (primary N) is 1. The van der Waals surface area contributed by atoms with Crippen molar-refractivity contribution in [3.05, 3.63) is 24.3 Å². The Hall–Kier alpha value is -2.63. The van der Waals surface area contributed by atoms with Crippen molar-refractivity contribution in [2.24, 2.45) is 17.9 Å². The lowest BCUT2D eigenvalue weighted by molar-refractivity contribution is 0.318. The van der Waals surface area contributed by atoms with Gasteiger partial charge in [0.05, 0.1) is 35.8 Å². The normalized spacial score (nSPS) is 17.3. The molecule has 3 heterocycles. The Morgan fingerprint density at radius 3 is 3.00 bits per heavy atom. The van der Waals surface area contributed by atoms with E-state index >= 15 is 0 Å². The molecule has 1 atom stereocenters. The third-order valence-electron chi connectivity index (χ3n) is 4.49. The molecule has 2 aromatic heterocycles. The number of hydrogen-bond acceptors (Lipinski definition) is 8. The molecule has 0 saturated carbocycles.